The van der Waals surface area contributed by atoms with Crippen molar-refractivity contribution in [3.8, 4) is 0 Å². The van der Waals surface area contributed by atoms with Gasteiger partial charge in [-0.2, -0.15) is 0 Å². The number of hydrogen-bond donors (Lipinski definition) is 7. The summed E-state index contributed by atoms with van der Waals surface area (Å²) in [5.74, 6) is -2.80. The van der Waals surface area contributed by atoms with E-state index in [0.717, 1.165) is 6.42 Å². The summed E-state index contributed by atoms with van der Waals surface area (Å²) in [7, 11) is 0. The van der Waals surface area contributed by atoms with Gasteiger partial charge in [-0.15, -0.1) is 0 Å². The zero-order valence-electron chi connectivity index (χ0n) is 18.7. The first-order valence-electron chi connectivity index (χ1n) is 10.9. The van der Waals surface area contributed by atoms with Crippen LogP contribution in [0.4, 0.5) is 0 Å². The number of carboxylic acids is 1. The summed E-state index contributed by atoms with van der Waals surface area (Å²) in [6.45, 7) is 4.26. The molecular weight excluding hydrogens is 404 g/mol. The highest BCUT2D eigenvalue weighted by Gasteiger charge is 2.26. The van der Waals surface area contributed by atoms with Crippen LogP contribution in [0.25, 0.3) is 0 Å². The predicted molar refractivity (Wildman–Crippen MR) is 118 cm³/mol. The van der Waals surface area contributed by atoms with E-state index < -0.39 is 48.4 Å². The second-order valence-electron chi connectivity index (χ2n) is 7.72. The van der Waals surface area contributed by atoms with Crippen molar-refractivity contribution in [2.75, 3.05) is 19.6 Å². The number of aliphatic carboxylic acids is 1. The lowest BCUT2D eigenvalue weighted by molar-refractivity contribution is -0.142. The van der Waals surface area contributed by atoms with Gasteiger partial charge in [-0.25, -0.2) is 4.79 Å². The van der Waals surface area contributed by atoms with Gasteiger partial charge in [-0.1, -0.05) is 20.3 Å². The summed E-state index contributed by atoms with van der Waals surface area (Å²) >= 11 is 0. The van der Waals surface area contributed by atoms with E-state index in [2.05, 4.69) is 16.0 Å². The number of amides is 3. The van der Waals surface area contributed by atoms with Crippen molar-refractivity contribution in [3.63, 3.8) is 0 Å². The summed E-state index contributed by atoms with van der Waals surface area (Å²) in [4.78, 5) is 48.3. The van der Waals surface area contributed by atoms with E-state index in [9.17, 15) is 24.3 Å². The van der Waals surface area contributed by atoms with Crippen LogP contribution in [0.2, 0.25) is 0 Å². The topological polar surface area (TPSA) is 203 Å². The Morgan fingerprint density at radius 2 is 1.42 bits per heavy atom. The smallest absolute Gasteiger partial charge is 0.326 e. The summed E-state index contributed by atoms with van der Waals surface area (Å²) in [5, 5.41) is 16.7. The van der Waals surface area contributed by atoms with E-state index in [0.29, 0.717) is 45.2 Å². The fourth-order valence-electron chi connectivity index (χ4n) is 2.83. The van der Waals surface area contributed by atoms with Gasteiger partial charge in [-0.05, 0) is 57.5 Å². The van der Waals surface area contributed by atoms with Crippen LogP contribution in [0.3, 0.4) is 0 Å². The van der Waals surface area contributed by atoms with E-state index >= 15 is 0 Å². The zero-order chi connectivity index (χ0) is 23.8. The molecule has 0 heterocycles. The average molecular weight is 445 g/mol. The van der Waals surface area contributed by atoms with Crippen molar-refractivity contribution >= 4 is 23.7 Å². The van der Waals surface area contributed by atoms with Crippen LogP contribution in [-0.4, -0.2) is 66.6 Å². The quantitative estimate of drug-likeness (QED) is 0.135. The van der Waals surface area contributed by atoms with Crippen LogP contribution >= 0.6 is 0 Å². The van der Waals surface area contributed by atoms with E-state index in [1.807, 2.05) is 13.8 Å². The Morgan fingerprint density at radius 1 is 0.871 bits per heavy atom. The summed E-state index contributed by atoms with van der Waals surface area (Å²) in [5.41, 5.74) is 16.8. The minimum atomic E-state index is -1.15. The fraction of sp³-hybridized carbons (Fsp3) is 0.800. The second kappa shape index (κ2) is 16.5. The maximum Gasteiger partial charge on any atom is 0.326 e. The third-order valence-corrected chi connectivity index (χ3v) is 5.14. The first kappa shape index (κ1) is 28.8. The predicted octanol–water partition coefficient (Wildman–Crippen LogP) is -1.21. The van der Waals surface area contributed by atoms with Crippen molar-refractivity contribution in [1.29, 1.82) is 0 Å². The highest BCUT2D eigenvalue weighted by Crippen LogP contribution is 2.07. The van der Waals surface area contributed by atoms with E-state index in [4.69, 9.17) is 17.2 Å². The van der Waals surface area contributed by atoms with Gasteiger partial charge >= 0.3 is 5.97 Å². The number of hydrogen-bond acceptors (Lipinski definition) is 7. The molecular formula is C20H40N6O5. The maximum absolute atomic E-state index is 12.6. The molecule has 0 saturated heterocycles. The Balaban J connectivity index is 4.83. The number of carbonyl (C=O) groups is 4. The Labute approximate surface area is 184 Å². The van der Waals surface area contributed by atoms with Crippen molar-refractivity contribution < 1.29 is 24.3 Å². The molecule has 0 aromatic carbocycles. The Hall–Kier alpha value is -2.24. The SMILES string of the molecule is CCC(C)C(N)C(=O)NC(CCCCN)C(=O)NCC(=O)NC(CCCCN)C(=O)O. The number of unbranched alkanes of at least 4 members (excludes halogenated alkanes) is 2. The number of carbonyl (C=O) groups excluding carboxylic acids is 3. The normalized spacial score (nSPS) is 14.7. The molecule has 4 atom stereocenters. The molecule has 11 heteroatoms. The van der Waals surface area contributed by atoms with Gasteiger partial charge in [0.1, 0.15) is 12.1 Å². The van der Waals surface area contributed by atoms with Gasteiger partial charge in [-0.3, -0.25) is 14.4 Å². The number of rotatable bonds is 17. The second-order valence-corrected chi connectivity index (χ2v) is 7.72. The lowest BCUT2D eigenvalue weighted by Crippen LogP contribution is -2.54. The van der Waals surface area contributed by atoms with Crippen molar-refractivity contribution in [1.82, 2.24) is 16.0 Å². The first-order valence-corrected chi connectivity index (χ1v) is 10.9. The van der Waals surface area contributed by atoms with E-state index in [1.54, 1.807) is 0 Å². The third-order valence-electron chi connectivity index (χ3n) is 5.14. The number of carboxylic acid groups (broad SMARTS) is 1. The summed E-state index contributed by atoms with van der Waals surface area (Å²) < 4.78 is 0. The van der Waals surface area contributed by atoms with Gasteiger partial charge in [0.2, 0.25) is 17.7 Å². The minimum Gasteiger partial charge on any atom is -0.480 e. The molecule has 180 valence electrons. The first-order chi connectivity index (χ1) is 14.7. The standard InChI is InChI=1S/C20H40N6O5/c1-3-13(2)17(23)19(29)26-14(8-4-6-10-21)18(28)24-12-16(27)25-15(20(30)31)9-5-7-11-22/h13-15,17H,3-12,21-23H2,1-2H3,(H,24,28)(H,25,27)(H,26,29)(H,30,31). The van der Waals surface area contributed by atoms with Gasteiger partial charge in [0.15, 0.2) is 0 Å². The molecule has 11 nitrogen and oxygen atoms in total. The molecule has 31 heavy (non-hydrogen) atoms. The molecule has 0 bridgehead atoms. The van der Waals surface area contributed by atoms with Crippen LogP contribution in [0.15, 0.2) is 0 Å². The highest BCUT2D eigenvalue weighted by molar-refractivity contribution is 5.92. The molecule has 0 rings (SSSR count). The lowest BCUT2D eigenvalue weighted by Gasteiger charge is -2.23. The van der Waals surface area contributed by atoms with Crippen LogP contribution in [0.1, 0.15) is 58.8 Å². The lowest BCUT2D eigenvalue weighted by atomic mass is 9.98. The molecule has 0 aromatic rings. The minimum absolute atomic E-state index is 0.0502. The number of nitrogens with one attached hydrogen (secondary N) is 3. The summed E-state index contributed by atoms with van der Waals surface area (Å²) in [6, 6.07) is -2.66. The number of nitrogens with two attached hydrogens (primary N) is 3. The van der Waals surface area contributed by atoms with Crippen LogP contribution in [-0.2, 0) is 19.2 Å². The van der Waals surface area contributed by atoms with E-state index in [-0.39, 0.29) is 12.3 Å². The zero-order valence-corrected chi connectivity index (χ0v) is 18.7. The maximum atomic E-state index is 12.6. The van der Waals surface area contributed by atoms with Gasteiger partial charge in [0.25, 0.3) is 0 Å². The third kappa shape index (κ3) is 12.3. The molecule has 0 saturated carbocycles. The van der Waals surface area contributed by atoms with Crippen LogP contribution in [0, 0.1) is 5.92 Å². The fourth-order valence-corrected chi connectivity index (χ4v) is 2.83. The molecule has 0 radical (unpaired) electrons. The Kier molecular flexibility index (Phi) is 15.3. The van der Waals surface area contributed by atoms with Crippen LogP contribution < -0.4 is 33.2 Å². The average Bonchev–Trinajstić information content (AvgIpc) is 2.74. The van der Waals surface area contributed by atoms with Crippen molar-refractivity contribution in [2.24, 2.45) is 23.1 Å². The monoisotopic (exact) mass is 444 g/mol. The van der Waals surface area contributed by atoms with Gasteiger partial charge in [0, 0.05) is 0 Å². The van der Waals surface area contributed by atoms with Gasteiger partial charge < -0.3 is 38.3 Å². The Bertz CT molecular complexity index is 574. The molecule has 0 aliphatic rings. The van der Waals surface area contributed by atoms with Crippen LogP contribution in [0.5, 0.6) is 0 Å². The molecule has 0 aliphatic carbocycles. The molecule has 10 N–H and O–H groups in total. The van der Waals surface area contributed by atoms with Crippen molar-refractivity contribution in [2.45, 2.75) is 76.9 Å². The highest BCUT2D eigenvalue weighted by atomic mass is 16.4. The van der Waals surface area contributed by atoms with Gasteiger partial charge in [0.05, 0.1) is 12.6 Å². The molecule has 4 unspecified atom stereocenters. The Morgan fingerprint density at radius 3 is 1.90 bits per heavy atom. The molecule has 0 aromatic heterocycles. The summed E-state index contributed by atoms with van der Waals surface area (Å²) in [6.07, 6.45) is 3.82. The van der Waals surface area contributed by atoms with E-state index in [1.165, 1.54) is 0 Å². The largest absolute Gasteiger partial charge is 0.480 e. The van der Waals surface area contributed by atoms with Crippen molar-refractivity contribution in [3.05, 3.63) is 0 Å². The molecule has 0 aliphatic heterocycles. The molecule has 3 amide bonds. The molecule has 0 spiro atoms. The molecule has 0 fully saturated rings.